The van der Waals surface area contributed by atoms with Gasteiger partial charge in [0.1, 0.15) is 0 Å². The first-order chi connectivity index (χ1) is 9.43. The molecule has 0 fully saturated rings. The zero-order valence-electron chi connectivity index (χ0n) is 10.6. The number of hydrogen-bond acceptors (Lipinski definition) is 3. The number of aromatic hydroxyl groups is 1. The van der Waals surface area contributed by atoms with E-state index < -0.39 is 34.7 Å². The SMILES string of the molecule is COCCN(CCCl)C(=O)c1cc(F)c(F)c(O)c1F. The monoisotopic (exact) mass is 311 g/mol. The molecule has 4 nitrogen and oxygen atoms in total. The van der Waals surface area contributed by atoms with Gasteiger partial charge in [0.15, 0.2) is 17.4 Å². The van der Waals surface area contributed by atoms with Crippen LogP contribution in [0.3, 0.4) is 0 Å². The fourth-order valence-corrected chi connectivity index (χ4v) is 1.74. The van der Waals surface area contributed by atoms with E-state index in [4.69, 9.17) is 21.4 Å². The number of nitrogens with zero attached hydrogens (tertiary/aromatic N) is 1. The normalized spacial score (nSPS) is 10.7. The topological polar surface area (TPSA) is 49.8 Å². The summed E-state index contributed by atoms with van der Waals surface area (Å²) in [5.41, 5.74) is -0.761. The minimum absolute atomic E-state index is 0.0724. The summed E-state index contributed by atoms with van der Waals surface area (Å²) < 4.78 is 44.5. The van der Waals surface area contributed by atoms with Crippen LogP contribution in [0, 0.1) is 17.5 Å². The number of phenolic OH excluding ortho intramolecular Hbond substituents is 1. The zero-order valence-corrected chi connectivity index (χ0v) is 11.4. The van der Waals surface area contributed by atoms with Gasteiger partial charge in [0.25, 0.3) is 5.91 Å². The molecule has 1 aromatic rings. The Morgan fingerprint density at radius 1 is 1.35 bits per heavy atom. The Hall–Kier alpha value is -1.47. The van der Waals surface area contributed by atoms with Crippen molar-refractivity contribution in [3.8, 4) is 5.75 Å². The molecule has 1 N–H and O–H groups in total. The molecule has 112 valence electrons. The van der Waals surface area contributed by atoms with Gasteiger partial charge in [0.05, 0.1) is 12.2 Å². The van der Waals surface area contributed by atoms with Gasteiger partial charge in [-0.05, 0) is 6.07 Å². The Bertz CT molecular complexity index is 499. The molecule has 0 saturated heterocycles. The van der Waals surface area contributed by atoms with Gasteiger partial charge in [-0.15, -0.1) is 11.6 Å². The summed E-state index contributed by atoms with van der Waals surface area (Å²) in [7, 11) is 1.41. The van der Waals surface area contributed by atoms with Crippen molar-refractivity contribution in [2.24, 2.45) is 0 Å². The van der Waals surface area contributed by atoms with Crippen molar-refractivity contribution < 1.29 is 27.8 Å². The molecule has 1 amide bonds. The first-order valence-corrected chi connectivity index (χ1v) is 6.18. The van der Waals surface area contributed by atoms with Gasteiger partial charge in [-0.1, -0.05) is 0 Å². The fourth-order valence-electron chi connectivity index (χ4n) is 1.53. The largest absolute Gasteiger partial charge is 0.503 e. The number of rotatable bonds is 6. The lowest BCUT2D eigenvalue weighted by Gasteiger charge is -2.21. The van der Waals surface area contributed by atoms with Crippen molar-refractivity contribution in [2.75, 3.05) is 32.7 Å². The van der Waals surface area contributed by atoms with Gasteiger partial charge in [-0.2, -0.15) is 4.39 Å². The van der Waals surface area contributed by atoms with Gasteiger partial charge in [-0.25, -0.2) is 8.78 Å². The highest BCUT2D eigenvalue weighted by atomic mass is 35.5. The summed E-state index contributed by atoms with van der Waals surface area (Å²) in [6, 6.07) is 0.404. The Balaban J connectivity index is 3.11. The second-order valence-electron chi connectivity index (χ2n) is 3.86. The van der Waals surface area contributed by atoms with Crippen LogP contribution in [0.15, 0.2) is 6.07 Å². The molecule has 0 atom stereocenters. The van der Waals surface area contributed by atoms with E-state index in [1.54, 1.807) is 0 Å². The molecule has 0 aliphatic heterocycles. The predicted molar refractivity (Wildman–Crippen MR) is 66.5 cm³/mol. The minimum Gasteiger partial charge on any atom is -0.503 e. The highest BCUT2D eigenvalue weighted by Crippen LogP contribution is 2.26. The maximum atomic E-state index is 13.6. The first-order valence-electron chi connectivity index (χ1n) is 5.64. The fraction of sp³-hybridized carbons (Fsp3) is 0.417. The summed E-state index contributed by atoms with van der Waals surface area (Å²) in [6.45, 7) is 0.337. The second kappa shape index (κ2) is 7.35. The van der Waals surface area contributed by atoms with Crippen LogP contribution in [0.2, 0.25) is 0 Å². The third-order valence-electron chi connectivity index (χ3n) is 2.57. The molecule has 0 aliphatic carbocycles. The zero-order chi connectivity index (χ0) is 15.3. The van der Waals surface area contributed by atoms with Crippen molar-refractivity contribution in [2.45, 2.75) is 0 Å². The molecule has 0 aliphatic rings. The summed E-state index contributed by atoms with van der Waals surface area (Å²) in [5.74, 6) is -7.11. The van der Waals surface area contributed by atoms with Crippen LogP contribution in [0.25, 0.3) is 0 Å². The second-order valence-corrected chi connectivity index (χ2v) is 4.23. The summed E-state index contributed by atoms with van der Waals surface area (Å²) in [4.78, 5) is 13.2. The van der Waals surface area contributed by atoms with Crippen LogP contribution >= 0.6 is 11.6 Å². The number of ether oxygens (including phenoxy) is 1. The van der Waals surface area contributed by atoms with Crippen LogP contribution in [-0.4, -0.2) is 48.6 Å². The molecule has 1 rings (SSSR count). The Morgan fingerprint density at radius 2 is 2.00 bits per heavy atom. The quantitative estimate of drug-likeness (QED) is 0.647. The predicted octanol–water partition coefficient (Wildman–Crippen LogP) is 2.14. The van der Waals surface area contributed by atoms with E-state index in [1.807, 2.05) is 0 Å². The van der Waals surface area contributed by atoms with Crippen molar-refractivity contribution in [3.63, 3.8) is 0 Å². The Morgan fingerprint density at radius 3 is 2.55 bits per heavy atom. The van der Waals surface area contributed by atoms with Gasteiger partial charge in [-0.3, -0.25) is 4.79 Å². The molecule has 0 bridgehead atoms. The van der Waals surface area contributed by atoms with Crippen molar-refractivity contribution >= 4 is 17.5 Å². The molecular formula is C12H13ClF3NO3. The van der Waals surface area contributed by atoms with E-state index in [1.165, 1.54) is 7.11 Å². The lowest BCUT2D eigenvalue weighted by molar-refractivity contribution is 0.0701. The Labute approximate surface area is 118 Å². The summed E-state index contributed by atoms with van der Waals surface area (Å²) >= 11 is 5.52. The number of phenols is 1. The number of halogens is 4. The van der Waals surface area contributed by atoms with Gasteiger partial charge in [0, 0.05) is 26.1 Å². The van der Waals surface area contributed by atoms with E-state index in [2.05, 4.69) is 0 Å². The molecule has 0 heterocycles. The van der Waals surface area contributed by atoms with Crippen LogP contribution in [0.5, 0.6) is 5.75 Å². The average Bonchev–Trinajstić information content (AvgIpc) is 2.44. The number of benzene rings is 1. The summed E-state index contributed by atoms with van der Waals surface area (Å²) in [6.07, 6.45) is 0. The number of amides is 1. The number of carbonyl (C=O) groups is 1. The highest BCUT2D eigenvalue weighted by Gasteiger charge is 2.25. The van der Waals surface area contributed by atoms with Gasteiger partial charge >= 0.3 is 0 Å². The van der Waals surface area contributed by atoms with Crippen LogP contribution in [0.4, 0.5) is 13.2 Å². The molecule has 0 spiro atoms. The third kappa shape index (κ3) is 3.55. The van der Waals surface area contributed by atoms with E-state index in [9.17, 15) is 18.0 Å². The standard InChI is InChI=1S/C12H13ClF3NO3/c1-20-5-4-17(3-2-13)12(19)7-6-8(14)10(16)11(18)9(7)15/h6,18H,2-5H2,1H3. The van der Waals surface area contributed by atoms with Gasteiger partial charge in [0.2, 0.25) is 5.82 Å². The number of methoxy groups -OCH3 is 1. The van der Waals surface area contributed by atoms with Crippen molar-refractivity contribution in [1.82, 2.24) is 4.90 Å². The number of carbonyl (C=O) groups excluding carboxylic acids is 1. The smallest absolute Gasteiger partial charge is 0.257 e. The van der Waals surface area contributed by atoms with E-state index in [-0.39, 0.29) is 25.6 Å². The first kappa shape index (κ1) is 16.6. The van der Waals surface area contributed by atoms with E-state index in [0.717, 1.165) is 4.90 Å². The number of alkyl halides is 1. The van der Waals surface area contributed by atoms with E-state index >= 15 is 0 Å². The molecule has 8 heteroatoms. The maximum absolute atomic E-state index is 13.6. The summed E-state index contributed by atoms with van der Waals surface area (Å²) in [5, 5.41) is 9.09. The molecule has 0 aromatic heterocycles. The average molecular weight is 312 g/mol. The van der Waals surface area contributed by atoms with Gasteiger partial charge < -0.3 is 14.7 Å². The molecule has 1 aromatic carbocycles. The third-order valence-corrected chi connectivity index (χ3v) is 2.74. The highest BCUT2D eigenvalue weighted by molar-refractivity contribution is 6.18. The minimum atomic E-state index is -1.74. The lowest BCUT2D eigenvalue weighted by atomic mass is 10.1. The lowest BCUT2D eigenvalue weighted by Crippen LogP contribution is -2.36. The molecule has 0 radical (unpaired) electrons. The number of hydrogen-bond donors (Lipinski definition) is 1. The Kier molecular flexibility index (Phi) is 6.09. The maximum Gasteiger partial charge on any atom is 0.257 e. The van der Waals surface area contributed by atoms with Crippen LogP contribution in [0.1, 0.15) is 10.4 Å². The molecule has 20 heavy (non-hydrogen) atoms. The van der Waals surface area contributed by atoms with Crippen LogP contribution < -0.4 is 0 Å². The molecule has 0 unspecified atom stereocenters. The van der Waals surface area contributed by atoms with Crippen molar-refractivity contribution in [3.05, 3.63) is 29.1 Å². The van der Waals surface area contributed by atoms with E-state index in [0.29, 0.717) is 6.07 Å². The van der Waals surface area contributed by atoms with Crippen LogP contribution in [-0.2, 0) is 4.74 Å². The molecule has 0 saturated carbocycles. The van der Waals surface area contributed by atoms with Crippen molar-refractivity contribution in [1.29, 1.82) is 0 Å². The molecular weight excluding hydrogens is 299 g/mol.